The maximum atomic E-state index is 3.98. The Hall–Kier alpha value is -1.30. The minimum atomic E-state index is 0.749. The van der Waals surface area contributed by atoms with Crippen LogP contribution >= 0.6 is 0 Å². The van der Waals surface area contributed by atoms with Gasteiger partial charge in [0.05, 0.1) is 0 Å². The fourth-order valence-electron chi connectivity index (χ4n) is 4.23. The summed E-state index contributed by atoms with van der Waals surface area (Å²) in [6.45, 7) is 13.2. The first-order valence-corrected chi connectivity index (χ1v) is 10.0. The highest BCUT2D eigenvalue weighted by Gasteiger charge is 2.20. The van der Waals surface area contributed by atoms with Crippen LogP contribution in [0.3, 0.4) is 0 Å². The highest BCUT2D eigenvalue weighted by Crippen LogP contribution is 2.35. The lowest BCUT2D eigenvalue weighted by molar-refractivity contribution is 0.346. The van der Waals surface area contributed by atoms with Crippen LogP contribution in [0.4, 0.5) is 0 Å². The summed E-state index contributed by atoms with van der Waals surface area (Å²) in [5.41, 5.74) is 7.73. The molecule has 1 aromatic carbocycles. The summed E-state index contributed by atoms with van der Waals surface area (Å²) in [7, 11) is 0. The van der Waals surface area contributed by atoms with Crippen LogP contribution in [-0.2, 0) is 12.8 Å². The van der Waals surface area contributed by atoms with Crippen molar-refractivity contribution in [3.63, 3.8) is 0 Å². The largest absolute Gasteiger partial charge is 0.103 e. The third-order valence-electron chi connectivity index (χ3n) is 5.81. The summed E-state index contributed by atoms with van der Waals surface area (Å²) in [6.07, 6.45) is 14.8. The molecule has 0 N–H and O–H groups in total. The predicted molar refractivity (Wildman–Crippen MR) is 108 cm³/mol. The van der Waals surface area contributed by atoms with E-state index in [1.165, 1.54) is 62.5 Å². The van der Waals surface area contributed by atoms with Gasteiger partial charge in [-0.2, -0.15) is 0 Å². The van der Waals surface area contributed by atoms with E-state index < -0.39 is 0 Å². The highest BCUT2D eigenvalue weighted by atomic mass is 14.3. The molecular weight excluding hydrogens is 288 g/mol. The van der Waals surface area contributed by atoms with Gasteiger partial charge in [0, 0.05) is 0 Å². The van der Waals surface area contributed by atoms with Gasteiger partial charge in [0.2, 0.25) is 0 Å². The molecule has 0 radical (unpaired) electrons. The molecule has 0 aliphatic heterocycles. The van der Waals surface area contributed by atoms with Crippen molar-refractivity contribution in [1.29, 1.82) is 0 Å². The zero-order valence-corrected chi connectivity index (χ0v) is 16.3. The second-order valence-corrected chi connectivity index (χ2v) is 7.67. The number of rotatable bonds is 7. The molecule has 0 nitrogen and oxygen atoms in total. The Morgan fingerprint density at radius 2 is 1.75 bits per heavy atom. The molecule has 1 fully saturated rings. The molecular formula is C24H36. The number of aryl methyl sites for hydroxylation is 2. The molecule has 0 spiro atoms. The Kier molecular flexibility index (Phi) is 7.34. The second-order valence-electron chi connectivity index (χ2n) is 7.67. The first kappa shape index (κ1) is 19.0. The summed E-state index contributed by atoms with van der Waals surface area (Å²) in [5, 5.41) is 0. The molecule has 0 unspecified atom stereocenters. The molecule has 0 heteroatoms. The van der Waals surface area contributed by atoms with Gasteiger partial charge in [-0.1, -0.05) is 56.5 Å². The zero-order valence-electron chi connectivity index (χ0n) is 16.3. The summed E-state index contributed by atoms with van der Waals surface area (Å²) in [4.78, 5) is 0. The van der Waals surface area contributed by atoms with E-state index in [1.807, 2.05) is 0 Å². The zero-order chi connectivity index (χ0) is 17.5. The van der Waals surface area contributed by atoms with Gasteiger partial charge in [-0.15, -0.1) is 6.58 Å². The third-order valence-corrected chi connectivity index (χ3v) is 5.81. The van der Waals surface area contributed by atoms with E-state index in [4.69, 9.17) is 0 Å². The van der Waals surface area contributed by atoms with Crippen molar-refractivity contribution in [1.82, 2.24) is 0 Å². The summed E-state index contributed by atoms with van der Waals surface area (Å²) in [6, 6.07) is 4.70. The van der Waals surface area contributed by atoms with Crippen LogP contribution in [0.25, 0.3) is 6.08 Å². The maximum absolute atomic E-state index is 3.98. The molecule has 1 aliphatic carbocycles. The van der Waals surface area contributed by atoms with E-state index in [0.717, 1.165) is 11.8 Å². The smallest absolute Gasteiger partial charge is 0.0193 e. The lowest BCUT2D eigenvalue weighted by Crippen LogP contribution is -2.14. The molecule has 24 heavy (non-hydrogen) atoms. The summed E-state index contributed by atoms with van der Waals surface area (Å²) < 4.78 is 0. The van der Waals surface area contributed by atoms with E-state index >= 15 is 0 Å². The third kappa shape index (κ3) is 4.62. The van der Waals surface area contributed by atoms with Gasteiger partial charge < -0.3 is 0 Å². The SMILES string of the molecule is C=CC1CCC(/C(C)=C/c2c(C)ccc(CCC)c2CCC)CC1. The van der Waals surface area contributed by atoms with Crippen molar-refractivity contribution in [3.8, 4) is 0 Å². The average molecular weight is 325 g/mol. The van der Waals surface area contributed by atoms with Gasteiger partial charge in [-0.25, -0.2) is 0 Å². The Balaban J connectivity index is 2.29. The normalized spacial score (nSPS) is 21.8. The Morgan fingerprint density at radius 3 is 2.33 bits per heavy atom. The van der Waals surface area contributed by atoms with Crippen molar-refractivity contribution in [2.45, 2.75) is 79.1 Å². The Morgan fingerprint density at radius 1 is 1.08 bits per heavy atom. The first-order valence-electron chi connectivity index (χ1n) is 10.0. The number of benzene rings is 1. The van der Waals surface area contributed by atoms with Crippen LogP contribution in [0.2, 0.25) is 0 Å². The molecule has 0 saturated heterocycles. The molecule has 1 aliphatic rings. The summed E-state index contributed by atoms with van der Waals surface area (Å²) in [5.74, 6) is 1.52. The van der Waals surface area contributed by atoms with E-state index in [9.17, 15) is 0 Å². The maximum Gasteiger partial charge on any atom is -0.0193 e. The van der Waals surface area contributed by atoms with Gasteiger partial charge in [0.15, 0.2) is 0 Å². The summed E-state index contributed by atoms with van der Waals surface area (Å²) >= 11 is 0. The van der Waals surface area contributed by atoms with Crippen LogP contribution in [0.1, 0.15) is 81.5 Å². The van der Waals surface area contributed by atoms with Crippen LogP contribution in [0, 0.1) is 18.8 Å². The van der Waals surface area contributed by atoms with Crippen molar-refractivity contribution < 1.29 is 0 Å². The van der Waals surface area contributed by atoms with Crippen molar-refractivity contribution >= 4 is 6.08 Å². The van der Waals surface area contributed by atoms with Crippen LogP contribution in [0.5, 0.6) is 0 Å². The minimum absolute atomic E-state index is 0.749. The van der Waals surface area contributed by atoms with Gasteiger partial charge in [0.25, 0.3) is 0 Å². The van der Waals surface area contributed by atoms with E-state index in [1.54, 1.807) is 16.7 Å². The molecule has 0 bridgehead atoms. The van der Waals surface area contributed by atoms with Gasteiger partial charge in [-0.3, -0.25) is 0 Å². The fourth-order valence-corrected chi connectivity index (χ4v) is 4.23. The lowest BCUT2D eigenvalue weighted by atomic mass is 9.78. The molecule has 0 amide bonds. The molecule has 0 aromatic heterocycles. The lowest BCUT2D eigenvalue weighted by Gasteiger charge is -2.27. The van der Waals surface area contributed by atoms with Crippen molar-refractivity contribution in [2.75, 3.05) is 0 Å². The molecule has 1 saturated carbocycles. The molecule has 2 rings (SSSR count). The van der Waals surface area contributed by atoms with E-state index in [2.05, 4.69) is 58.6 Å². The number of allylic oxidation sites excluding steroid dienone is 2. The topological polar surface area (TPSA) is 0 Å². The quantitative estimate of drug-likeness (QED) is 0.462. The Labute approximate surface area is 150 Å². The van der Waals surface area contributed by atoms with Crippen molar-refractivity contribution in [3.05, 3.63) is 52.6 Å². The molecule has 0 heterocycles. The van der Waals surface area contributed by atoms with E-state index in [0.29, 0.717) is 0 Å². The van der Waals surface area contributed by atoms with Crippen LogP contribution < -0.4 is 0 Å². The van der Waals surface area contributed by atoms with Crippen LogP contribution in [0.15, 0.2) is 30.4 Å². The fraction of sp³-hybridized carbons (Fsp3) is 0.583. The standard InChI is InChI=1S/C24H36/c1-6-9-22-14-11-18(4)24(23(22)10-7-2)17-19(5)21-15-12-20(8-3)13-16-21/h8,11,14,17,20-21H,3,6-7,9-10,12-13,15-16H2,1-2,4-5H3/b19-17+. The minimum Gasteiger partial charge on any atom is -0.103 e. The van der Waals surface area contributed by atoms with Crippen molar-refractivity contribution in [2.24, 2.45) is 11.8 Å². The van der Waals surface area contributed by atoms with Crippen LogP contribution in [-0.4, -0.2) is 0 Å². The number of hydrogen-bond donors (Lipinski definition) is 0. The first-order chi connectivity index (χ1) is 11.6. The second kappa shape index (κ2) is 9.25. The van der Waals surface area contributed by atoms with E-state index in [-0.39, 0.29) is 0 Å². The predicted octanol–water partition coefficient (Wildman–Crippen LogP) is 7.30. The highest BCUT2D eigenvalue weighted by molar-refractivity contribution is 5.62. The number of hydrogen-bond acceptors (Lipinski definition) is 0. The molecule has 1 aromatic rings. The Bertz CT molecular complexity index is 568. The van der Waals surface area contributed by atoms with Gasteiger partial charge in [0.1, 0.15) is 0 Å². The molecule has 132 valence electrons. The molecule has 0 atom stereocenters. The van der Waals surface area contributed by atoms with Gasteiger partial charge >= 0.3 is 0 Å². The monoisotopic (exact) mass is 324 g/mol. The van der Waals surface area contributed by atoms with Gasteiger partial charge in [-0.05, 0) is 86.5 Å². The average Bonchev–Trinajstić information content (AvgIpc) is 2.60.